The van der Waals surface area contributed by atoms with E-state index in [0.29, 0.717) is 5.56 Å². The highest BCUT2D eigenvalue weighted by atomic mass is 79.9. The van der Waals surface area contributed by atoms with E-state index >= 15 is 0 Å². The topological polar surface area (TPSA) is 106 Å². The first-order valence-corrected chi connectivity index (χ1v) is 6.41. The molecule has 1 heterocycles. The zero-order valence-electron chi connectivity index (χ0n) is 10.5. The maximum atomic E-state index is 11.8. The number of nitrogens with one attached hydrogen (secondary N) is 1. The van der Waals surface area contributed by atoms with E-state index in [1.54, 1.807) is 18.2 Å². The SMILES string of the molecule is Cc1cc(-c2c(C#N)c(N)[nH]c(=O)c2C#N)ccc1Br. The average Bonchev–Trinajstić information content (AvgIpc) is 2.41. The second-order valence-corrected chi connectivity index (χ2v) is 5.03. The van der Waals surface area contributed by atoms with Gasteiger partial charge >= 0.3 is 0 Å². The van der Waals surface area contributed by atoms with Gasteiger partial charge in [-0.2, -0.15) is 10.5 Å². The molecule has 1 aromatic carbocycles. The molecule has 0 unspecified atom stereocenters. The number of nitrogen functional groups attached to an aromatic ring is 1. The third-order valence-corrected chi connectivity index (χ3v) is 3.80. The molecular weight excluding hydrogens is 320 g/mol. The molecule has 0 saturated heterocycles. The minimum Gasteiger partial charge on any atom is -0.384 e. The first-order chi connectivity index (χ1) is 9.49. The molecule has 0 aliphatic carbocycles. The van der Waals surface area contributed by atoms with Crippen molar-refractivity contribution in [3.63, 3.8) is 0 Å². The molecular formula is C14H9BrN4O. The Balaban J connectivity index is 2.92. The first kappa shape index (κ1) is 13.9. The third-order valence-electron chi connectivity index (χ3n) is 2.91. The molecule has 0 radical (unpaired) electrons. The molecule has 0 bridgehead atoms. The van der Waals surface area contributed by atoms with Crippen LogP contribution in [0.25, 0.3) is 11.1 Å². The lowest BCUT2D eigenvalue weighted by molar-refractivity contribution is 1.21. The Kier molecular flexibility index (Phi) is 3.60. The molecule has 0 atom stereocenters. The predicted molar refractivity (Wildman–Crippen MR) is 78.8 cm³/mol. The second kappa shape index (κ2) is 5.20. The van der Waals surface area contributed by atoms with Crippen LogP contribution in [0.5, 0.6) is 0 Å². The van der Waals surface area contributed by atoms with Crippen molar-refractivity contribution < 1.29 is 0 Å². The van der Waals surface area contributed by atoms with E-state index in [1.165, 1.54) is 0 Å². The molecule has 0 amide bonds. The summed E-state index contributed by atoms with van der Waals surface area (Å²) in [5.74, 6) is -0.0351. The number of nitriles is 2. The summed E-state index contributed by atoms with van der Waals surface area (Å²) in [5, 5.41) is 18.4. The van der Waals surface area contributed by atoms with Crippen LogP contribution < -0.4 is 11.3 Å². The van der Waals surface area contributed by atoms with E-state index in [4.69, 9.17) is 11.0 Å². The van der Waals surface area contributed by atoms with Crippen LogP contribution in [0.1, 0.15) is 16.7 Å². The summed E-state index contributed by atoms with van der Waals surface area (Å²) in [6.45, 7) is 1.88. The van der Waals surface area contributed by atoms with Crippen LogP contribution in [0.3, 0.4) is 0 Å². The Morgan fingerprint density at radius 2 is 1.90 bits per heavy atom. The number of hydrogen-bond acceptors (Lipinski definition) is 4. The number of aromatic nitrogens is 1. The number of aryl methyl sites for hydroxylation is 1. The van der Waals surface area contributed by atoms with Gasteiger partial charge in [-0.05, 0) is 24.1 Å². The molecule has 0 saturated carbocycles. The molecule has 0 fully saturated rings. The second-order valence-electron chi connectivity index (χ2n) is 4.18. The number of nitrogens with zero attached hydrogens (tertiary/aromatic N) is 2. The zero-order valence-corrected chi connectivity index (χ0v) is 12.1. The molecule has 0 spiro atoms. The van der Waals surface area contributed by atoms with Crippen molar-refractivity contribution in [1.82, 2.24) is 4.98 Å². The van der Waals surface area contributed by atoms with Crippen molar-refractivity contribution >= 4 is 21.7 Å². The first-order valence-electron chi connectivity index (χ1n) is 5.62. The number of rotatable bonds is 1. The van der Waals surface area contributed by atoms with Crippen molar-refractivity contribution in [1.29, 1.82) is 10.5 Å². The smallest absolute Gasteiger partial charge is 0.268 e. The van der Waals surface area contributed by atoms with E-state index in [0.717, 1.165) is 10.0 Å². The van der Waals surface area contributed by atoms with Crippen LogP contribution in [0.4, 0.5) is 5.82 Å². The normalized spacial score (nSPS) is 9.80. The van der Waals surface area contributed by atoms with Gasteiger partial charge in [0.25, 0.3) is 5.56 Å². The highest BCUT2D eigenvalue weighted by Crippen LogP contribution is 2.30. The number of pyridine rings is 1. The van der Waals surface area contributed by atoms with Gasteiger partial charge in [0, 0.05) is 10.0 Å². The number of aromatic amines is 1. The van der Waals surface area contributed by atoms with Crippen molar-refractivity contribution in [2.45, 2.75) is 6.92 Å². The fourth-order valence-corrected chi connectivity index (χ4v) is 2.18. The summed E-state index contributed by atoms with van der Waals surface area (Å²) in [7, 11) is 0. The van der Waals surface area contributed by atoms with Gasteiger partial charge in [0.05, 0.1) is 0 Å². The van der Waals surface area contributed by atoms with Gasteiger partial charge in [0.2, 0.25) is 0 Å². The van der Waals surface area contributed by atoms with E-state index in [1.807, 2.05) is 19.1 Å². The number of H-pyrrole nitrogens is 1. The van der Waals surface area contributed by atoms with Crippen molar-refractivity contribution in [3.8, 4) is 23.3 Å². The number of anilines is 1. The summed E-state index contributed by atoms with van der Waals surface area (Å²) >= 11 is 3.38. The lowest BCUT2D eigenvalue weighted by Gasteiger charge is -2.10. The number of halogens is 1. The van der Waals surface area contributed by atoms with Gasteiger partial charge in [-0.15, -0.1) is 0 Å². The van der Waals surface area contributed by atoms with E-state index < -0.39 is 5.56 Å². The average molecular weight is 329 g/mol. The largest absolute Gasteiger partial charge is 0.384 e. The van der Waals surface area contributed by atoms with Crippen LogP contribution in [-0.4, -0.2) is 4.98 Å². The van der Waals surface area contributed by atoms with Gasteiger partial charge < -0.3 is 10.7 Å². The van der Waals surface area contributed by atoms with Crippen LogP contribution in [-0.2, 0) is 0 Å². The van der Waals surface area contributed by atoms with E-state index in [-0.39, 0.29) is 22.5 Å². The molecule has 20 heavy (non-hydrogen) atoms. The van der Waals surface area contributed by atoms with Crippen molar-refractivity contribution in [2.75, 3.05) is 5.73 Å². The van der Waals surface area contributed by atoms with Gasteiger partial charge in [0.15, 0.2) is 0 Å². The fourth-order valence-electron chi connectivity index (χ4n) is 1.93. The quantitative estimate of drug-likeness (QED) is 0.838. The van der Waals surface area contributed by atoms with Crippen LogP contribution in [0, 0.1) is 29.6 Å². The zero-order chi connectivity index (χ0) is 14.9. The Hall–Kier alpha value is -2.57. The Morgan fingerprint density at radius 1 is 1.25 bits per heavy atom. The minimum absolute atomic E-state index is 0.0351. The number of hydrogen-bond donors (Lipinski definition) is 2. The van der Waals surface area contributed by atoms with Gasteiger partial charge in [-0.3, -0.25) is 4.79 Å². The highest BCUT2D eigenvalue weighted by molar-refractivity contribution is 9.10. The number of nitrogens with two attached hydrogens (primary N) is 1. The third kappa shape index (κ3) is 2.18. The molecule has 3 N–H and O–H groups in total. The van der Waals surface area contributed by atoms with E-state index in [2.05, 4.69) is 20.9 Å². The predicted octanol–water partition coefficient (Wildman–Crippen LogP) is 2.44. The van der Waals surface area contributed by atoms with Gasteiger partial charge in [0.1, 0.15) is 29.1 Å². The Bertz CT molecular complexity index is 840. The van der Waals surface area contributed by atoms with E-state index in [9.17, 15) is 10.1 Å². The van der Waals surface area contributed by atoms with Crippen LogP contribution >= 0.6 is 15.9 Å². The summed E-state index contributed by atoms with van der Waals surface area (Å²) in [6.07, 6.45) is 0. The number of benzene rings is 1. The van der Waals surface area contributed by atoms with Crippen molar-refractivity contribution in [2.24, 2.45) is 0 Å². The Labute approximate surface area is 123 Å². The summed E-state index contributed by atoms with van der Waals surface area (Å²) in [5.41, 5.74) is 6.86. The lowest BCUT2D eigenvalue weighted by atomic mass is 9.95. The molecule has 0 aliphatic heterocycles. The monoisotopic (exact) mass is 328 g/mol. The standard InChI is InChI=1S/C14H9BrN4O/c1-7-4-8(2-3-11(7)15)12-9(5-16)13(18)19-14(20)10(12)6-17/h2-4H,1H3,(H3,18,19,20). The maximum absolute atomic E-state index is 11.8. The highest BCUT2D eigenvalue weighted by Gasteiger charge is 2.18. The Morgan fingerprint density at radius 3 is 2.45 bits per heavy atom. The summed E-state index contributed by atoms with van der Waals surface area (Å²) in [4.78, 5) is 14.1. The molecule has 5 nitrogen and oxygen atoms in total. The fraction of sp³-hybridized carbons (Fsp3) is 0.0714. The lowest BCUT2D eigenvalue weighted by Crippen LogP contribution is -2.16. The molecule has 1 aromatic heterocycles. The van der Waals surface area contributed by atoms with Crippen LogP contribution in [0.15, 0.2) is 27.5 Å². The molecule has 2 aromatic rings. The summed E-state index contributed by atoms with van der Waals surface area (Å²) in [6, 6.07) is 9.09. The van der Waals surface area contributed by atoms with Crippen molar-refractivity contribution in [3.05, 3.63) is 49.7 Å². The summed E-state index contributed by atoms with van der Waals surface area (Å²) < 4.78 is 0.899. The van der Waals surface area contributed by atoms with Crippen LogP contribution in [0.2, 0.25) is 0 Å². The van der Waals surface area contributed by atoms with Gasteiger partial charge in [-0.25, -0.2) is 0 Å². The maximum Gasteiger partial charge on any atom is 0.268 e. The molecule has 0 aliphatic rings. The minimum atomic E-state index is -0.598. The molecule has 2 rings (SSSR count). The van der Waals surface area contributed by atoms with Gasteiger partial charge in [-0.1, -0.05) is 28.1 Å². The molecule has 6 heteroatoms. The molecule has 98 valence electrons.